The van der Waals surface area contributed by atoms with Gasteiger partial charge in [-0.2, -0.15) is 0 Å². The lowest BCUT2D eigenvalue weighted by molar-refractivity contribution is -0.122. The van der Waals surface area contributed by atoms with Gasteiger partial charge in [-0.25, -0.2) is 0 Å². The van der Waals surface area contributed by atoms with E-state index in [1.807, 2.05) is 48.5 Å². The van der Waals surface area contributed by atoms with Crippen LogP contribution in [-0.4, -0.2) is 22.2 Å². The summed E-state index contributed by atoms with van der Waals surface area (Å²) in [5.41, 5.74) is 1.85. The number of thiocarbonyl (C=S) groups is 1. The molecular weight excluding hydrogens is 486 g/mol. The number of carbonyl (C=O) groups excluding carboxylic acids is 1. The average molecular weight is 499 g/mol. The van der Waals surface area contributed by atoms with Gasteiger partial charge in [-0.3, -0.25) is 9.69 Å². The minimum atomic E-state index is -0.0861. The molecule has 0 N–H and O–H groups in total. The molecule has 2 aromatic rings. The zero-order valence-corrected chi connectivity index (χ0v) is 18.0. The number of nitrogens with zero attached hydrogens (tertiary/aromatic N) is 1. The van der Waals surface area contributed by atoms with Gasteiger partial charge in [0.25, 0.3) is 5.91 Å². The average Bonchev–Trinajstić information content (AvgIpc) is 2.83. The lowest BCUT2D eigenvalue weighted by Crippen LogP contribution is -2.27. The fourth-order valence-corrected chi connectivity index (χ4v) is 5.11. The molecule has 0 atom stereocenters. The highest BCUT2D eigenvalue weighted by Gasteiger charge is 2.32. The first-order valence-electron chi connectivity index (χ1n) is 7.32. The van der Waals surface area contributed by atoms with Gasteiger partial charge in [0.05, 0.1) is 23.0 Å². The van der Waals surface area contributed by atoms with E-state index in [1.54, 1.807) is 12.0 Å². The molecule has 3 rings (SSSR count). The highest BCUT2D eigenvalue weighted by molar-refractivity contribution is 9.11. The Hall–Kier alpha value is -1.15. The molecule has 1 aliphatic rings. The van der Waals surface area contributed by atoms with Gasteiger partial charge in [-0.1, -0.05) is 70.2 Å². The lowest BCUT2D eigenvalue weighted by atomic mass is 10.1. The van der Waals surface area contributed by atoms with Gasteiger partial charge in [-0.15, -0.1) is 0 Å². The summed E-state index contributed by atoms with van der Waals surface area (Å²) < 4.78 is 7.72. The first-order chi connectivity index (χ1) is 12.0. The third kappa shape index (κ3) is 4.16. The van der Waals surface area contributed by atoms with Crippen LogP contribution < -0.4 is 4.74 Å². The second-order valence-corrected chi connectivity index (χ2v) is 8.71. The standard InChI is InChI=1S/C18H13Br2NO2S2/c1-23-16-12(7-13(19)9-14(16)20)8-15-17(22)21(18(24)25-15)10-11-5-3-2-4-6-11/h2-9H,10H2,1H3/b15-8-. The van der Waals surface area contributed by atoms with Gasteiger partial charge >= 0.3 is 0 Å². The number of amides is 1. The van der Waals surface area contributed by atoms with Crippen LogP contribution in [0.25, 0.3) is 6.08 Å². The van der Waals surface area contributed by atoms with Crippen molar-refractivity contribution in [2.75, 3.05) is 7.11 Å². The van der Waals surface area contributed by atoms with Crippen LogP contribution in [0, 0.1) is 0 Å². The van der Waals surface area contributed by atoms with Gasteiger partial charge < -0.3 is 4.74 Å². The zero-order chi connectivity index (χ0) is 18.0. The van der Waals surface area contributed by atoms with Gasteiger partial charge in [-0.05, 0) is 39.7 Å². The van der Waals surface area contributed by atoms with E-state index in [4.69, 9.17) is 17.0 Å². The highest BCUT2D eigenvalue weighted by atomic mass is 79.9. The van der Waals surface area contributed by atoms with Crippen molar-refractivity contribution in [2.24, 2.45) is 0 Å². The fourth-order valence-electron chi connectivity index (χ4n) is 2.45. The molecule has 7 heteroatoms. The number of methoxy groups -OCH3 is 1. The van der Waals surface area contributed by atoms with Crippen LogP contribution in [0.3, 0.4) is 0 Å². The van der Waals surface area contributed by atoms with Crippen LogP contribution in [0.4, 0.5) is 0 Å². The summed E-state index contributed by atoms with van der Waals surface area (Å²) in [5, 5.41) is 0. The van der Waals surface area contributed by atoms with Crippen LogP contribution in [-0.2, 0) is 11.3 Å². The first kappa shape index (κ1) is 18.6. The minimum Gasteiger partial charge on any atom is -0.495 e. The molecule has 0 bridgehead atoms. The molecule has 128 valence electrons. The molecule has 0 aromatic heterocycles. The number of benzene rings is 2. The monoisotopic (exact) mass is 497 g/mol. The summed E-state index contributed by atoms with van der Waals surface area (Å²) in [4.78, 5) is 15.0. The van der Waals surface area contributed by atoms with E-state index in [9.17, 15) is 4.79 Å². The van der Waals surface area contributed by atoms with Gasteiger partial charge in [0, 0.05) is 10.0 Å². The topological polar surface area (TPSA) is 29.5 Å². The lowest BCUT2D eigenvalue weighted by Gasteiger charge is -2.14. The van der Waals surface area contributed by atoms with Crippen molar-refractivity contribution in [1.82, 2.24) is 4.90 Å². The van der Waals surface area contributed by atoms with Crippen molar-refractivity contribution < 1.29 is 9.53 Å². The fraction of sp³-hybridized carbons (Fsp3) is 0.111. The molecule has 0 spiro atoms. The SMILES string of the molecule is COc1c(Br)cc(Br)cc1/C=C1\SC(=S)N(Cc2ccccc2)C1=O. The zero-order valence-electron chi connectivity index (χ0n) is 13.2. The maximum Gasteiger partial charge on any atom is 0.266 e. The number of thioether (sulfide) groups is 1. The Kier molecular flexibility index (Phi) is 5.99. The number of hydrogen-bond donors (Lipinski definition) is 0. The Bertz CT molecular complexity index is 869. The Morgan fingerprint density at radius 1 is 1.24 bits per heavy atom. The van der Waals surface area contributed by atoms with E-state index in [1.165, 1.54) is 11.8 Å². The number of halogens is 2. The largest absolute Gasteiger partial charge is 0.495 e. The van der Waals surface area contributed by atoms with E-state index >= 15 is 0 Å². The number of ether oxygens (including phenoxy) is 1. The second kappa shape index (κ2) is 8.03. The second-order valence-electron chi connectivity index (χ2n) is 5.26. The van der Waals surface area contributed by atoms with E-state index in [0.29, 0.717) is 21.5 Å². The minimum absolute atomic E-state index is 0.0861. The van der Waals surface area contributed by atoms with E-state index < -0.39 is 0 Å². The van der Waals surface area contributed by atoms with Crippen molar-refractivity contribution in [3.05, 3.63) is 67.4 Å². The van der Waals surface area contributed by atoms with E-state index in [-0.39, 0.29) is 5.91 Å². The Labute approximate surface area is 172 Å². The summed E-state index contributed by atoms with van der Waals surface area (Å²) in [7, 11) is 1.60. The van der Waals surface area contributed by atoms with Crippen LogP contribution in [0.2, 0.25) is 0 Å². The number of rotatable bonds is 4. The van der Waals surface area contributed by atoms with Crippen molar-refractivity contribution >= 4 is 72.1 Å². The summed E-state index contributed by atoms with van der Waals surface area (Å²) in [5.74, 6) is 0.591. The molecule has 0 radical (unpaired) electrons. The molecular formula is C18H13Br2NO2S2. The van der Waals surface area contributed by atoms with Gasteiger partial charge in [0.2, 0.25) is 0 Å². The quantitative estimate of drug-likeness (QED) is 0.404. The van der Waals surface area contributed by atoms with E-state index in [0.717, 1.165) is 20.1 Å². The van der Waals surface area contributed by atoms with Crippen molar-refractivity contribution in [2.45, 2.75) is 6.54 Å². The molecule has 3 nitrogen and oxygen atoms in total. The predicted molar refractivity (Wildman–Crippen MR) is 114 cm³/mol. The summed E-state index contributed by atoms with van der Waals surface area (Å²) >= 11 is 13.7. The smallest absolute Gasteiger partial charge is 0.266 e. The molecule has 0 saturated carbocycles. The normalized spacial score (nSPS) is 16.0. The maximum atomic E-state index is 12.8. The molecule has 0 aliphatic carbocycles. The third-order valence-corrected chi connectivity index (χ3v) is 6.01. The summed E-state index contributed by atoms with van der Waals surface area (Å²) in [6.07, 6.45) is 1.82. The molecule has 1 amide bonds. The summed E-state index contributed by atoms with van der Waals surface area (Å²) in [6.45, 7) is 0.474. The van der Waals surface area contributed by atoms with Crippen LogP contribution in [0.5, 0.6) is 5.75 Å². The molecule has 1 heterocycles. The van der Waals surface area contributed by atoms with Gasteiger partial charge in [0.15, 0.2) is 0 Å². The van der Waals surface area contributed by atoms with Crippen LogP contribution in [0.1, 0.15) is 11.1 Å². The van der Waals surface area contributed by atoms with Gasteiger partial charge in [0.1, 0.15) is 10.1 Å². The van der Waals surface area contributed by atoms with E-state index in [2.05, 4.69) is 31.9 Å². The molecule has 0 unspecified atom stereocenters. The summed E-state index contributed by atoms with van der Waals surface area (Å²) in [6, 6.07) is 13.6. The van der Waals surface area contributed by atoms with Crippen molar-refractivity contribution in [3.8, 4) is 5.75 Å². The van der Waals surface area contributed by atoms with Crippen LogP contribution >= 0.6 is 55.8 Å². The molecule has 1 fully saturated rings. The number of hydrogen-bond acceptors (Lipinski definition) is 4. The third-order valence-electron chi connectivity index (χ3n) is 3.58. The Morgan fingerprint density at radius 2 is 1.96 bits per heavy atom. The number of carbonyl (C=O) groups is 1. The first-order valence-corrected chi connectivity index (χ1v) is 10.1. The molecule has 25 heavy (non-hydrogen) atoms. The molecule has 2 aromatic carbocycles. The molecule has 1 saturated heterocycles. The van der Waals surface area contributed by atoms with Crippen molar-refractivity contribution in [1.29, 1.82) is 0 Å². The molecule has 1 aliphatic heterocycles. The highest BCUT2D eigenvalue weighted by Crippen LogP contribution is 2.38. The maximum absolute atomic E-state index is 12.8. The Balaban J connectivity index is 1.91. The Morgan fingerprint density at radius 3 is 2.64 bits per heavy atom. The van der Waals surface area contributed by atoms with Crippen molar-refractivity contribution in [3.63, 3.8) is 0 Å². The predicted octanol–water partition coefficient (Wildman–Crippen LogP) is 5.62. The van der Waals surface area contributed by atoms with Crippen LogP contribution in [0.15, 0.2) is 56.3 Å².